The zero-order valence-electron chi connectivity index (χ0n) is 22.0. The highest BCUT2D eigenvalue weighted by Crippen LogP contribution is 2.44. The molecule has 0 aliphatic heterocycles. The highest BCUT2D eigenvalue weighted by atomic mass is 16.5. The summed E-state index contributed by atoms with van der Waals surface area (Å²) in [5.41, 5.74) is 4.74. The average Bonchev–Trinajstić information content (AvgIpc) is 3.17. The van der Waals surface area contributed by atoms with Crippen molar-refractivity contribution in [2.45, 2.75) is 58.4 Å². The number of carboxylic acid groups (broad SMARTS) is 1. The predicted molar refractivity (Wildman–Crippen MR) is 143 cm³/mol. The smallest absolute Gasteiger partial charge is 0.407 e. The Balaban J connectivity index is 1.28. The molecule has 1 saturated carbocycles. The summed E-state index contributed by atoms with van der Waals surface area (Å²) in [6.07, 6.45) is 0.408. The Labute approximate surface area is 222 Å². The molecule has 0 spiro atoms. The summed E-state index contributed by atoms with van der Waals surface area (Å²) in [6.45, 7) is 5.94. The van der Waals surface area contributed by atoms with E-state index in [-0.39, 0.29) is 41.5 Å². The van der Waals surface area contributed by atoms with Gasteiger partial charge in [0.25, 0.3) is 0 Å². The van der Waals surface area contributed by atoms with Gasteiger partial charge >= 0.3 is 12.1 Å². The quantitative estimate of drug-likeness (QED) is 0.252. The number of amides is 1. The van der Waals surface area contributed by atoms with Crippen molar-refractivity contribution in [1.82, 2.24) is 10.6 Å². The number of hydrogen-bond donors (Lipinski definition) is 3. The van der Waals surface area contributed by atoms with E-state index >= 15 is 0 Å². The van der Waals surface area contributed by atoms with Crippen LogP contribution in [0, 0.1) is 5.41 Å². The van der Waals surface area contributed by atoms with Crippen molar-refractivity contribution >= 4 is 23.6 Å². The molecule has 38 heavy (non-hydrogen) atoms. The van der Waals surface area contributed by atoms with E-state index in [1.165, 1.54) is 0 Å². The number of ketones is 2. The SMILES string of the molecule is CC(NCCC[C@@H](NC(=O)OCC1c2ccccc2-c2ccccc21)C(=O)O)=C1C(=O)CC(C)(C)CC1=O. The minimum absolute atomic E-state index is 0.0966. The second-order valence-corrected chi connectivity index (χ2v) is 10.8. The highest BCUT2D eigenvalue weighted by Gasteiger charge is 2.36. The van der Waals surface area contributed by atoms with Gasteiger partial charge in [-0.05, 0) is 47.4 Å². The number of benzene rings is 2. The van der Waals surface area contributed by atoms with Crippen LogP contribution in [0.3, 0.4) is 0 Å². The molecule has 0 bridgehead atoms. The standard InChI is InChI=1S/C30H34N2O6/c1-18(27-25(33)15-30(2,3)16-26(27)34)31-14-8-13-24(28(35)36)32-29(37)38-17-23-21-11-6-4-9-19(21)20-10-5-7-12-22(20)23/h4-7,9-12,23-24,31H,8,13-17H2,1-3H3,(H,32,37)(H,35,36)/t24-/m1/s1. The summed E-state index contributed by atoms with van der Waals surface area (Å²) in [5.74, 6) is -1.62. The third kappa shape index (κ3) is 5.96. The first-order valence-electron chi connectivity index (χ1n) is 12.9. The summed E-state index contributed by atoms with van der Waals surface area (Å²) in [7, 11) is 0. The van der Waals surface area contributed by atoms with Crippen molar-refractivity contribution < 1.29 is 29.0 Å². The van der Waals surface area contributed by atoms with Gasteiger partial charge in [0.15, 0.2) is 11.6 Å². The molecular weight excluding hydrogens is 484 g/mol. The second-order valence-electron chi connectivity index (χ2n) is 10.8. The van der Waals surface area contributed by atoms with Gasteiger partial charge in [-0.15, -0.1) is 0 Å². The largest absolute Gasteiger partial charge is 0.480 e. The van der Waals surface area contributed by atoms with Gasteiger partial charge < -0.3 is 20.5 Å². The van der Waals surface area contributed by atoms with Crippen LogP contribution in [-0.4, -0.2) is 47.9 Å². The van der Waals surface area contributed by atoms with Gasteiger partial charge in [0.05, 0.1) is 5.57 Å². The molecule has 200 valence electrons. The number of aliphatic carboxylic acids is 1. The van der Waals surface area contributed by atoms with Crippen LogP contribution in [0.1, 0.15) is 63.5 Å². The van der Waals surface area contributed by atoms with Gasteiger partial charge in [0, 0.05) is 31.0 Å². The number of carbonyl (C=O) groups is 4. The van der Waals surface area contributed by atoms with Crippen LogP contribution in [0.2, 0.25) is 0 Å². The van der Waals surface area contributed by atoms with Crippen molar-refractivity contribution in [3.63, 3.8) is 0 Å². The molecule has 8 nitrogen and oxygen atoms in total. The number of nitrogens with one attached hydrogen (secondary N) is 2. The van der Waals surface area contributed by atoms with E-state index in [2.05, 4.69) is 10.6 Å². The zero-order chi connectivity index (χ0) is 27.4. The summed E-state index contributed by atoms with van der Waals surface area (Å²) < 4.78 is 5.47. The molecule has 2 aliphatic rings. The van der Waals surface area contributed by atoms with Gasteiger partial charge in [0.1, 0.15) is 12.6 Å². The number of allylic oxidation sites excluding steroid dienone is 2. The van der Waals surface area contributed by atoms with Crippen LogP contribution in [0.5, 0.6) is 0 Å². The molecule has 0 heterocycles. The molecule has 2 aromatic carbocycles. The van der Waals surface area contributed by atoms with E-state index in [1.807, 2.05) is 62.4 Å². The number of alkyl carbamates (subject to hydrolysis) is 1. The summed E-state index contributed by atoms with van der Waals surface area (Å²) in [4.78, 5) is 49.2. The fraction of sp³-hybridized carbons (Fsp3) is 0.400. The average molecular weight is 519 g/mol. The summed E-state index contributed by atoms with van der Waals surface area (Å²) in [5, 5.41) is 15.1. The molecule has 8 heteroatoms. The van der Waals surface area contributed by atoms with E-state index in [0.717, 1.165) is 22.3 Å². The van der Waals surface area contributed by atoms with Crippen molar-refractivity contribution in [2.24, 2.45) is 5.41 Å². The van der Waals surface area contributed by atoms with E-state index < -0.39 is 18.1 Å². The Hall–Kier alpha value is -3.94. The molecule has 1 atom stereocenters. The van der Waals surface area contributed by atoms with Crippen molar-refractivity contribution in [3.05, 3.63) is 70.9 Å². The van der Waals surface area contributed by atoms with E-state index in [0.29, 0.717) is 31.5 Å². The minimum atomic E-state index is -1.16. The molecular formula is C30H34N2O6. The minimum Gasteiger partial charge on any atom is -0.480 e. The molecule has 0 radical (unpaired) electrons. The molecule has 0 saturated heterocycles. The third-order valence-electron chi connectivity index (χ3n) is 7.20. The lowest BCUT2D eigenvalue weighted by Gasteiger charge is -2.29. The summed E-state index contributed by atoms with van der Waals surface area (Å²) >= 11 is 0. The zero-order valence-corrected chi connectivity index (χ0v) is 22.0. The van der Waals surface area contributed by atoms with E-state index in [1.54, 1.807) is 6.92 Å². The molecule has 0 aromatic heterocycles. The first-order chi connectivity index (χ1) is 18.1. The van der Waals surface area contributed by atoms with Crippen molar-refractivity contribution in [3.8, 4) is 11.1 Å². The van der Waals surface area contributed by atoms with E-state index in [9.17, 15) is 24.3 Å². The highest BCUT2D eigenvalue weighted by molar-refractivity contribution is 6.22. The number of Topliss-reactive ketones (excluding diaryl/α,β-unsaturated/α-hetero) is 2. The first-order valence-corrected chi connectivity index (χ1v) is 12.9. The van der Waals surface area contributed by atoms with Gasteiger partial charge in [0.2, 0.25) is 0 Å². The monoisotopic (exact) mass is 518 g/mol. The number of carboxylic acids is 1. The molecule has 1 amide bonds. The van der Waals surface area contributed by atoms with Crippen LogP contribution in [0.25, 0.3) is 11.1 Å². The number of fused-ring (bicyclic) bond motifs is 3. The molecule has 2 aromatic rings. The normalized spacial score (nSPS) is 16.9. The number of ether oxygens (including phenoxy) is 1. The Morgan fingerprint density at radius 3 is 2.11 bits per heavy atom. The predicted octanol–water partition coefficient (Wildman–Crippen LogP) is 4.58. The van der Waals surface area contributed by atoms with Gasteiger partial charge in [-0.2, -0.15) is 0 Å². The maximum atomic E-state index is 12.5. The van der Waals surface area contributed by atoms with Crippen molar-refractivity contribution in [1.29, 1.82) is 0 Å². The fourth-order valence-electron chi connectivity index (χ4n) is 5.39. The molecule has 4 rings (SSSR count). The first kappa shape index (κ1) is 27.1. The van der Waals surface area contributed by atoms with Crippen LogP contribution >= 0.6 is 0 Å². The Kier molecular flexibility index (Phi) is 7.99. The lowest BCUT2D eigenvalue weighted by atomic mass is 9.73. The van der Waals surface area contributed by atoms with E-state index in [4.69, 9.17) is 4.74 Å². The topological polar surface area (TPSA) is 122 Å². The van der Waals surface area contributed by atoms with Crippen LogP contribution in [0.15, 0.2) is 59.8 Å². The molecule has 3 N–H and O–H groups in total. The Morgan fingerprint density at radius 2 is 1.55 bits per heavy atom. The van der Waals surface area contributed by atoms with Gasteiger partial charge in [-0.3, -0.25) is 9.59 Å². The molecule has 0 unspecified atom stereocenters. The number of rotatable bonds is 9. The number of hydrogen-bond acceptors (Lipinski definition) is 6. The molecule has 1 fully saturated rings. The van der Waals surface area contributed by atoms with Crippen LogP contribution < -0.4 is 10.6 Å². The van der Waals surface area contributed by atoms with Crippen LogP contribution in [-0.2, 0) is 19.1 Å². The lowest BCUT2D eigenvalue weighted by Crippen LogP contribution is -2.41. The Morgan fingerprint density at radius 1 is 1.00 bits per heavy atom. The maximum Gasteiger partial charge on any atom is 0.407 e. The maximum absolute atomic E-state index is 12.5. The molecule has 2 aliphatic carbocycles. The Bertz CT molecular complexity index is 1230. The second kappa shape index (κ2) is 11.2. The number of carbonyl (C=O) groups excluding carboxylic acids is 3. The lowest BCUT2D eigenvalue weighted by molar-refractivity contribution is -0.139. The fourth-order valence-corrected chi connectivity index (χ4v) is 5.39. The van der Waals surface area contributed by atoms with Gasteiger partial charge in [-0.25, -0.2) is 9.59 Å². The van der Waals surface area contributed by atoms with Gasteiger partial charge in [-0.1, -0.05) is 62.4 Å². The van der Waals surface area contributed by atoms with Crippen LogP contribution in [0.4, 0.5) is 4.79 Å². The summed E-state index contributed by atoms with van der Waals surface area (Å²) in [6, 6.07) is 14.8. The van der Waals surface area contributed by atoms with Crippen molar-refractivity contribution in [2.75, 3.05) is 13.2 Å². The third-order valence-corrected chi connectivity index (χ3v) is 7.20.